The Kier molecular flexibility index (Phi) is 2.57. The molecule has 1 aromatic rings. The van der Waals surface area contributed by atoms with E-state index in [1.165, 1.54) is 19.3 Å². The first-order valence-corrected chi connectivity index (χ1v) is 3.34. The zero-order valence-electron chi connectivity index (χ0n) is 6.56. The number of carbonyl (C=O) groups excluding carboxylic acids is 1. The van der Waals surface area contributed by atoms with Gasteiger partial charge >= 0.3 is 5.56 Å². The molecule has 0 saturated heterocycles. The van der Waals surface area contributed by atoms with Crippen LogP contribution in [-0.4, -0.2) is 22.7 Å². The number of carbonyl (C=O) groups is 1. The molecule has 5 heteroatoms. The van der Waals surface area contributed by atoms with E-state index in [1.54, 1.807) is 0 Å². The summed E-state index contributed by atoms with van der Waals surface area (Å²) in [6.45, 7) is -0.112. The van der Waals surface area contributed by atoms with Crippen molar-refractivity contribution in [1.29, 1.82) is 0 Å². The lowest BCUT2D eigenvalue weighted by atomic mass is 10.5. The van der Waals surface area contributed by atoms with Crippen LogP contribution in [0.1, 0.15) is 0 Å². The second-order valence-electron chi connectivity index (χ2n) is 2.10. The van der Waals surface area contributed by atoms with Crippen molar-refractivity contribution >= 4 is 6.29 Å². The van der Waals surface area contributed by atoms with Gasteiger partial charge in [-0.25, -0.2) is 4.68 Å². The molecule has 0 radical (unpaired) electrons. The van der Waals surface area contributed by atoms with Gasteiger partial charge in [0.25, 0.3) is 0 Å². The third kappa shape index (κ3) is 1.69. The molecule has 0 unspecified atom stereocenters. The molecule has 0 amide bonds. The minimum Gasteiger partial charge on any atom is -0.480 e. The van der Waals surface area contributed by atoms with Gasteiger partial charge in [-0.1, -0.05) is 0 Å². The van der Waals surface area contributed by atoms with E-state index in [2.05, 4.69) is 5.10 Å². The molecule has 0 aromatic carbocycles. The lowest BCUT2D eigenvalue weighted by Crippen LogP contribution is -2.21. The van der Waals surface area contributed by atoms with Crippen molar-refractivity contribution in [2.45, 2.75) is 0 Å². The Balaban J connectivity index is 2.92. The summed E-state index contributed by atoms with van der Waals surface area (Å²) in [6.07, 6.45) is 2.02. The van der Waals surface area contributed by atoms with E-state index in [9.17, 15) is 9.59 Å². The minimum atomic E-state index is -0.348. The average molecular weight is 168 g/mol. The summed E-state index contributed by atoms with van der Waals surface area (Å²) in [5.41, 5.74) is -0.348. The Morgan fingerprint density at radius 3 is 3.17 bits per heavy atom. The van der Waals surface area contributed by atoms with E-state index in [0.29, 0.717) is 6.29 Å². The molecular formula is C7H8N2O3. The predicted octanol–water partition coefficient (Wildman–Crippen LogP) is -0.642. The maximum Gasteiger partial charge on any atom is 0.308 e. The van der Waals surface area contributed by atoms with Gasteiger partial charge in [0.2, 0.25) is 0 Å². The molecule has 0 atom stereocenters. The zero-order valence-corrected chi connectivity index (χ0v) is 6.56. The average Bonchev–Trinajstić information content (AvgIpc) is 2.08. The number of aldehydes is 1. The van der Waals surface area contributed by atoms with E-state index in [-0.39, 0.29) is 17.9 Å². The summed E-state index contributed by atoms with van der Waals surface area (Å²) >= 11 is 0. The van der Waals surface area contributed by atoms with Gasteiger partial charge in [-0.15, -0.1) is 0 Å². The van der Waals surface area contributed by atoms with Crippen LogP contribution in [0.25, 0.3) is 0 Å². The van der Waals surface area contributed by atoms with Crippen molar-refractivity contribution in [2.75, 3.05) is 6.61 Å². The van der Waals surface area contributed by atoms with Crippen molar-refractivity contribution in [3.63, 3.8) is 0 Å². The van der Waals surface area contributed by atoms with E-state index in [0.717, 1.165) is 4.68 Å². The minimum absolute atomic E-state index is 0.112. The summed E-state index contributed by atoms with van der Waals surface area (Å²) in [5, 5.41) is 3.68. The molecule has 0 spiro atoms. The summed E-state index contributed by atoms with van der Waals surface area (Å²) in [5.74, 6) is 0.139. The highest BCUT2D eigenvalue weighted by Crippen LogP contribution is 1.97. The predicted molar refractivity (Wildman–Crippen MR) is 41.0 cm³/mol. The van der Waals surface area contributed by atoms with Crippen molar-refractivity contribution in [3.05, 3.63) is 22.6 Å². The van der Waals surface area contributed by atoms with Crippen LogP contribution in [0, 0.1) is 0 Å². The van der Waals surface area contributed by atoms with Crippen LogP contribution in [0.2, 0.25) is 0 Å². The Hall–Kier alpha value is -1.65. The Bertz CT molecular complexity index is 332. The van der Waals surface area contributed by atoms with Gasteiger partial charge in [-0.3, -0.25) is 9.59 Å². The van der Waals surface area contributed by atoms with Crippen molar-refractivity contribution < 1.29 is 9.53 Å². The van der Waals surface area contributed by atoms with Gasteiger partial charge in [0.05, 0.1) is 6.20 Å². The molecule has 12 heavy (non-hydrogen) atoms. The van der Waals surface area contributed by atoms with Crippen molar-refractivity contribution in [2.24, 2.45) is 7.05 Å². The number of nitrogens with zero attached hydrogens (tertiary/aromatic N) is 2. The highest BCUT2D eigenvalue weighted by atomic mass is 16.5. The molecule has 0 bridgehead atoms. The molecule has 64 valence electrons. The Labute approximate surface area is 68.6 Å². The third-order valence-corrected chi connectivity index (χ3v) is 1.28. The van der Waals surface area contributed by atoms with Crippen LogP contribution in [-0.2, 0) is 11.8 Å². The van der Waals surface area contributed by atoms with Crippen LogP contribution >= 0.6 is 0 Å². The first-order valence-electron chi connectivity index (χ1n) is 3.34. The van der Waals surface area contributed by atoms with Gasteiger partial charge in [0.15, 0.2) is 12.0 Å². The summed E-state index contributed by atoms with van der Waals surface area (Å²) in [6, 6.07) is 1.42. The van der Waals surface area contributed by atoms with Gasteiger partial charge in [0, 0.05) is 13.1 Å². The fraction of sp³-hybridized carbons (Fsp3) is 0.286. The molecular weight excluding hydrogens is 160 g/mol. The van der Waals surface area contributed by atoms with Crippen LogP contribution in [0.5, 0.6) is 5.75 Å². The summed E-state index contributed by atoms with van der Waals surface area (Å²) < 4.78 is 5.96. The van der Waals surface area contributed by atoms with E-state index in [1.807, 2.05) is 0 Å². The Morgan fingerprint density at radius 1 is 1.75 bits per heavy atom. The Morgan fingerprint density at radius 2 is 2.50 bits per heavy atom. The van der Waals surface area contributed by atoms with Gasteiger partial charge in [-0.2, -0.15) is 5.10 Å². The van der Waals surface area contributed by atoms with Gasteiger partial charge in [-0.05, 0) is 0 Å². The first kappa shape index (κ1) is 8.45. The quantitative estimate of drug-likeness (QED) is 0.563. The molecule has 0 aliphatic carbocycles. The molecule has 1 heterocycles. The number of rotatable bonds is 3. The van der Waals surface area contributed by atoms with E-state index < -0.39 is 0 Å². The first-order chi connectivity index (χ1) is 5.75. The maximum absolute atomic E-state index is 11.1. The normalized spacial score (nSPS) is 9.42. The van der Waals surface area contributed by atoms with Crippen molar-refractivity contribution in [3.8, 4) is 5.75 Å². The third-order valence-electron chi connectivity index (χ3n) is 1.28. The largest absolute Gasteiger partial charge is 0.480 e. The standard InChI is InChI=1S/C7H8N2O3/c1-9-7(11)6(2-3-8-9)12-5-4-10/h2-4H,5H2,1H3. The fourth-order valence-electron chi connectivity index (χ4n) is 0.718. The number of hydrogen-bond donors (Lipinski definition) is 0. The lowest BCUT2D eigenvalue weighted by molar-refractivity contribution is -0.109. The van der Waals surface area contributed by atoms with Crippen LogP contribution in [0.4, 0.5) is 0 Å². The monoisotopic (exact) mass is 168 g/mol. The smallest absolute Gasteiger partial charge is 0.308 e. The van der Waals surface area contributed by atoms with Gasteiger partial charge < -0.3 is 4.74 Å². The van der Waals surface area contributed by atoms with Crippen LogP contribution < -0.4 is 10.3 Å². The van der Waals surface area contributed by atoms with E-state index >= 15 is 0 Å². The molecule has 0 N–H and O–H groups in total. The fourth-order valence-corrected chi connectivity index (χ4v) is 0.718. The number of hydrogen-bond acceptors (Lipinski definition) is 4. The summed E-state index contributed by atoms with van der Waals surface area (Å²) in [4.78, 5) is 21.1. The second kappa shape index (κ2) is 3.66. The summed E-state index contributed by atoms with van der Waals surface area (Å²) in [7, 11) is 1.51. The molecule has 0 aliphatic rings. The molecule has 0 fully saturated rings. The van der Waals surface area contributed by atoms with E-state index in [4.69, 9.17) is 4.74 Å². The number of aryl methyl sites for hydroxylation is 1. The molecule has 1 aromatic heterocycles. The topological polar surface area (TPSA) is 61.2 Å². The molecule has 1 rings (SSSR count). The van der Waals surface area contributed by atoms with Crippen molar-refractivity contribution in [1.82, 2.24) is 9.78 Å². The number of ether oxygens (including phenoxy) is 1. The highest BCUT2D eigenvalue weighted by Gasteiger charge is 2.00. The molecule has 0 aliphatic heterocycles. The van der Waals surface area contributed by atoms with Gasteiger partial charge in [0.1, 0.15) is 6.61 Å². The zero-order chi connectivity index (χ0) is 8.97. The maximum atomic E-state index is 11.1. The number of aromatic nitrogens is 2. The molecule has 5 nitrogen and oxygen atoms in total. The van der Waals surface area contributed by atoms with Crippen LogP contribution in [0.3, 0.4) is 0 Å². The molecule has 0 saturated carbocycles. The lowest BCUT2D eigenvalue weighted by Gasteiger charge is -2.01. The SMILES string of the molecule is Cn1nccc(OCC=O)c1=O. The second-order valence-corrected chi connectivity index (χ2v) is 2.10. The highest BCUT2D eigenvalue weighted by molar-refractivity contribution is 5.51. The van der Waals surface area contributed by atoms with Crippen LogP contribution in [0.15, 0.2) is 17.1 Å².